The van der Waals surface area contributed by atoms with Crippen LogP contribution in [-0.2, 0) is 15.1 Å². The lowest BCUT2D eigenvalue weighted by molar-refractivity contribution is -0.111. The zero-order valence-electron chi connectivity index (χ0n) is 10.1. The standard InChI is InChI=1S/C12H14N2O3S/c1-15-12(4-6-16-7-5-12)11-13-10(14-17-11)9-3-2-8-18-9/h2-3,8H,4-7H2,1H3. The molecule has 96 valence electrons. The molecule has 1 saturated heterocycles. The number of methoxy groups -OCH3 is 1. The molecule has 1 aliphatic rings. The van der Waals surface area contributed by atoms with E-state index in [4.69, 9.17) is 14.0 Å². The number of hydrogen-bond donors (Lipinski definition) is 0. The molecule has 2 aromatic rings. The van der Waals surface area contributed by atoms with Crippen molar-refractivity contribution in [2.45, 2.75) is 18.4 Å². The van der Waals surface area contributed by atoms with Crippen LogP contribution in [0.15, 0.2) is 22.0 Å². The summed E-state index contributed by atoms with van der Waals surface area (Å²) in [7, 11) is 1.68. The van der Waals surface area contributed by atoms with Crippen LogP contribution in [0.25, 0.3) is 10.7 Å². The molecule has 0 atom stereocenters. The van der Waals surface area contributed by atoms with E-state index in [0.29, 0.717) is 24.9 Å². The van der Waals surface area contributed by atoms with Gasteiger partial charge in [0.15, 0.2) is 5.60 Å². The second kappa shape index (κ2) is 4.79. The topological polar surface area (TPSA) is 57.4 Å². The van der Waals surface area contributed by atoms with E-state index >= 15 is 0 Å². The fourth-order valence-corrected chi connectivity index (χ4v) is 2.77. The molecule has 3 rings (SSSR count). The first kappa shape index (κ1) is 11.8. The van der Waals surface area contributed by atoms with Gasteiger partial charge in [0.1, 0.15) is 0 Å². The molecule has 0 unspecified atom stereocenters. The highest BCUT2D eigenvalue weighted by molar-refractivity contribution is 7.13. The molecule has 0 aromatic carbocycles. The molecule has 3 heterocycles. The smallest absolute Gasteiger partial charge is 0.259 e. The average Bonchev–Trinajstić information content (AvgIpc) is 3.10. The summed E-state index contributed by atoms with van der Waals surface area (Å²) in [5, 5.41) is 6.02. The van der Waals surface area contributed by atoms with Gasteiger partial charge in [0.05, 0.1) is 4.88 Å². The van der Waals surface area contributed by atoms with E-state index in [1.54, 1.807) is 18.4 Å². The molecule has 18 heavy (non-hydrogen) atoms. The molecule has 0 spiro atoms. The van der Waals surface area contributed by atoms with Gasteiger partial charge in [-0.3, -0.25) is 0 Å². The summed E-state index contributed by atoms with van der Waals surface area (Å²) in [5.41, 5.74) is -0.485. The molecule has 0 aliphatic carbocycles. The Morgan fingerprint density at radius 3 is 2.89 bits per heavy atom. The normalized spacial score (nSPS) is 18.9. The van der Waals surface area contributed by atoms with Crippen LogP contribution in [0.3, 0.4) is 0 Å². The van der Waals surface area contributed by atoms with Gasteiger partial charge in [-0.2, -0.15) is 4.98 Å². The van der Waals surface area contributed by atoms with Gasteiger partial charge in [-0.1, -0.05) is 11.2 Å². The van der Waals surface area contributed by atoms with Crippen LogP contribution in [-0.4, -0.2) is 30.5 Å². The molecule has 1 aliphatic heterocycles. The van der Waals surface area contributed by atoms with Crippen LogP contribution in [0.5, 0.6) is 0 Å². The highest BCUT2D eigenvalue weighted by Crippen LogP contribution is 2.35. The zero-order valence-corrected chi connectivity index (χ0v) is 10.9. The van der Waals surface area contributed by atoms with Gasteiger partial charge < -0.3 is 14.0 Å². The first-order chi connectivity index (χ1) is 8.84. The van der Waals surface area contributed by atoms with E-state index in [-0.39, 0.29) is 0 Å². The first-order valence-corrected chi connectivity index (χ1v) is 6.73. The van der Waals surface area contributed by atoms with Crippen molar-refractivity contribution in [3.05, 3.63) is 23.4 Å². The van der Waals surface area contributed by atoms with Crippen LogP contribution in [0.2, 0.25) is 0 Å². The van der Waals surface area contributed by atoms with Gasteiger partial charge in [0, 0.05) is 33.2 Å². The predicted octanol–water partition coefficient (Wildman–Crippen LogP) is 2.45. The number of nitrogens with zero attached hydrogens (tertiary/aromatic N) is 2. The molecule has 0 bridgehead atoms. The third-order valence-corrected chi connectivity index (χ3v) is 4.11. The summed E-state index contributed by atoms with van der Waals surface area (Å²) >= 11 is 1.59. The lowest BCUT2D eigenvalue weighted by atomic mass is 9.94. The summed E-state index contributed by atoms with van der Waals surface area (Å²) < 4.78 is 16.4. The molecule has 5 nitrogen and oxygen atoms in total. The van der Waals surface area contributed by atoms with Crippen molar-refractivity contribution in [2.24, 2.45) is 0 Å². The summed E-state index contributed by atoms with van der Waals surface area (Å²) in [6.45, 7) is 1.31. The highest BCUT2D eigenvalue weighted by Gasteiger charge is 2.40. The molecule has 0 N–H and O–H groups in total. The Hall–Kier alpha value is -1.24. The van der Waals surface area contributed by atoms with Gasteiger partial charge in [-0.25, -0.2) is 0 Å². The number of rotatable bonds is 3. The van der Waals surface area contributed by atoms with E-state index in [1.807, 2.05) is 17.5 Å². The van der Waals surface area contributed by atoms with E-state index < -0.39 is 5.60 Å². The Morgan fingerprint density at radius 1 is 1.39 bits per heavy atom. The van der Waals surface area contributed by atoms with E-state index in [2.05, 4.69) is 10.1 Å². The molecule has 2 aromatic heterocycles. The van der Waals surface area contributed by atoms with Crippen molar-refractivity contribution in [1.82, 2.24) is 10.1 Å². The van der Waals surface area contributed by atoms with Crippen LogP contribution in [0, 0.1) is 0 Å². The molecule has 0 radical (unpaired) electrons. The largest absolute Gasteiger partial charge is 0.381 e. The molecule has 0 saturated carbocycles. The summed E-state index contributed by atoms with van der Waals surface area (Å²) in [6, 6.07) is 3.94. The maximum atomic E-state index is 5.62. The third-order valence-electron chi connectivity index (χ3n) is 3.25. The average molecular weight is 266 g/mol. The van der Waals surface area contributed by atoms with E-state index in [1.165, 1.54) is 0 Å². The first-order valence-electron chi connectivity index (χ1n) is 5.85. The fraction of sp³-hybridized carbons (Fsp3) is 0.500. The Morgan fingerprint density at radius 2 is 2.22 bits per heavy atom. The summed E-state index contributed by atoms with van der Waals surface area (Å²) in [6.07, 6.45) is 1.49. The van der Waals surface area contributed by atoms with Crippen LogP contribution < -0.4 is 0 Å². The minimum Gasteiger partial charge on any atom is -0.381 e. The lowest BCUT2D eigenvalue weighted by Gasteiger charge is -2.32. The molecule has 1 fully saturated rings. The number of aromatic nitrogens is 2. The second-order valence-electron chi connectivity index (χ2n) is 4.21. The zero-order chi connectivity index (χ0) is 12.4. The number of ether oxygens (including phenoxy) is 2. The lowest BCUT2D eigenvalue weighted by Crippen LogP contribution is -2.35. The molecular formula is C12H14N2O3S. The van der Waals surface area contributed by atoms with Crippen molar-refractivity contribution in [3.63, 3.8) is 0 Å². The highest BCUT2D eigenvalue weighted by atomic mass is 32.1. The van der Waals surface area contributed by atoms with Crippen molar-refractivity contribution in [1.29, 1.82) is 0 Å². The van der Waals surface area contributed by atoms with Crippen LogP contribution in [0.4, 0.5) is 0 Å². The van der Waals surface area contributed by atoms with Crippen molar-refractivity contribution in [3.8, 4) is 10.7 Å². The maximum Gasteiger partial charge on any atom is 0.259 e. The predicted molar refractivity (Wildman–Crippen MR) is 66.4 cm³/mol. The van der Waals surface area contributed by atoms with E-state index in [9.17, 15) is 0 Å². The number of hydrogen-bond acceptors (Lipinski definition) is 6. The van der Waals surface area contributed by atoms with Crippen LogP contribution >= 0.6 is 11.3 Å². The Balaban J connectivity index is 1.92. The summed E-state index contributed by atoms with van der Waals surface area (Å²) in [5.74, 6) is 1.18. The van der Waals surface area contributed by atoms with Gasteiger partial charge in [-0.05, 0) is 11.4 Å². The minimum absolute atomic E-state index is 0.485. The van der Waals surface area contributed by atoms with Gasteiger partial charge in [-0.15, -0.1) is 11.3 Å². The van der Waals surface area contributed by atoms with Gasteiger partial charge >= 0.3 is 0 Å². The quantitative estimate of drug-likeness (QED) is 0.854. The summed E-state index contributed by atoms with van der Waals surface area (Å²) in [4.78, 5) is 5.47. The van der Waals surface area contributed by atoms with Crippen LogP contribution in [0.1, 0.15) is 18.7 Å². The van der Waals surface area contributed by atoms with Crippen molar-refractivity contribution in [2.75, 3.05) is 20.3 Å². The second-order valence-corrected chi connectivity index (χ2v) is 5.16. The van der Waals surface area contributed by atoms with Gasteiger partial charge in [0.2, 0.25) is 5.82 Å². The Labute approximate surface area is 109 Å². The van der Waals surface area contributed by atoms with Crippen molar-refractivity contribution >= 4 is 11.3 Å². The Kier molecular flexibility index (Phi) is 3.15. The molecule has 0 amide bonds. The SMILES string of the molecule is COC1(c2nc(-c3cccs3)no2)CCOCC1. The number of thiophene rings is 1. The van der Waals surface area contributed by atoms with E-state index in [0.717, 1.165) is 17.7 Å². The monoisotopic (exact) mass is 266 g/mol. The van der Waals surface area contributed by atoms with Crippen molar-refractivity contribution < 1.29 is 14.0 Å². The Bertz CT molecular complexity index is 503. The fourth-order valence-electron chi connectivity index (χ4n) is 2.12. The van der Waals surface area contributed by atoms with Gasteiger partial charge in [0.25, 0.3) is 5.89 Å². The third kappa shape index (κ3) is 1.96. The minimum atomic E-state index is -0.485. The maximum absolute atomic E-state index is 5.62. The molecular weight excluding hydrogens is 252 g/mol. The molecule has 6 heteroatoms.